The SMILES string of the molecule is CCOCCN(C)CC1(CNC2CC2)CCCCCC1. The average Bonchev–Trinajstić information content (AvgIpc) is 3.25. The number of rotatable bonds is 9. The fourth-order valence-electron chi connectivity index (χ4n) is 3.53. The minimum absolute atomic E-state index is 0.514. The first-order valence-corrected chi connectivity index (χ1v) is 8.74. The first-order chi connectivity index (χ1) is 9.74. The molecule has 1 N–H and O–H groups in total. The van der Waals surface area contributed by atoms with E-state index in [1.54, 1.807) is 0 Å². The van der Waals surface area contributed by atoms with Gasteiger partial charge in [0.15, 0.2) is 0 Å². The Morgan fingerprint density at radius 3 is 2.45 bits per heavy atom. The summed E-state index contributed by atoms with van der Waals surface area (Å²) in [5.74, 6) is 0. The molecule has 0 unspecified atom stereocenters. The zero-order valence-corrected chi connectivity index (χ0v) is 13.6. The maximum Gasteiger partial charge on any atom is 0.0593 e. The summed E-state index contributed by atoms with van der Waals surface area (Å²) in [5.41, 5.74) is 0.514. The predicted octanol–water partition coefficient (Wildman–Crippen LogP) is 3.05. The molecule has 0 aromatic carbocycles. The zero-order valence-electron chi connectivity index (χ0n) is 13.6. The minimum atomic E-state index is 0.514. The molecule has 3 heteroatoms. The van der Waals surface area contributed by atoms with Crippen LogP contribution in [0.3, 0.4) is 0 Å². The van der Waals surface area contributed by atoms with Gasteiger partial charge in [0.1, 0.15) is 0 Å². The predicted molar refractivity (Wildman–Crippen MR) is 85.1 cm³/mol. The van der Waals surface area contributed by atoms with E-state index in [-0.39, 0.29) is 0 Å². The van der Waals surface area contributed by atoms with E-state index in [2.05, 4.69) is 24.2 Å². The van der Waals surface area contributed by atoms with Crippen molar-refractivity contribution in [3.8, 4) is 0 Å². The number of hydrogen-bond acceptors (Lipinski definition) is 3. The summed E-state index contributed by atoms with van der Waals surface area (Å²) in [7, 11) is 2.27. The molecule has 0 aliphatic heterocycles. The summed E-state index contributed by atoms with van der Waals surface area (Å²) in [6.07, 6.45) is 11.3. The molecule has 0 aromatic heterocycles. The van der Waals surface area contributed by atoms with Gasteiger partial charge in [-0.25, -0.2) is 0 Å². The highest BCUT2D eigenvalue weighted by atomic mass is 16.5. The van der Waals surface area contributed by atoms with E-state index >= 15 is 0 Å². The Hall–Kier alpha value is -0.120. The summed E-state index contributed by atoms with van der Waals surface area (Å²) in [4.78, 5) is 2.50. The Bertz CT molecular complexity index is 258. The highest BCUT2D eigenvalue weighted by Gasteiger charge is 2.34. The molecule has 0 spiro atoms. The van der Waals surface area contributed by atoms with Crippen LogP contribution in [-0.4, -0.2) is 50.8 Å². The lowest BCUT2D eigenvalue weighted by atomic mass is 9.79. The zero-order chi connectivity index (χ0) is 14.3. The molecule has 0 radical (unpaired) electrons. The summed E-state index contributed by atoms with van der Waals surface area (Å²) < 4.78 is 5.50. The number of ether oxygens (including phenoxy) is 1. The summed E-state index contributed by atoms with van der Waals surface area (Å²) in [6, 6.07) is 0.837. The van der Waals surface area contributed by atoms with Crippen LogP contribution in [0.1, 0.15) is 58.3 Å². The molecule has 0 atom stereocenters. The molecule has 2 rings (SSSR count). The van der Waals surface area contributed by atoms with Gasteiger partial charge in [0.2, 0.25) is 0 Å². The summed E-state index contributed by atoms with van der Waals surface area (Å²) >= 11 is 0. The van der Waals surface area contributed by atoms with Gasteiger partial charge in [-0.1, -0.05) is 25.7 Å². The second-order valence-electron chi connectivity index (χ2n) is 7.00. The van der Waals surface area contributed by atoms with Crippen LogP contribution in [0.15, 0.2) is 0 Å². The Labute approximate surface area is 125 Å². The summed E-state index contributed by atoms with van der Waals surface area (Å²) in [6.45, 7) is 7.32. The van der Waals surface area contributed by atoms with Crippen molar-refractivity contribution < 1.29 is 4.74 Å². The Kier molecular flexibility index (Phi) is 6.79. The molecule has 0 saturated heterocycles. The molecule has 2 aliphatic carbocycles. The van der Waals surface area contributed by atoms with Crippen LogP contribution in [0.4, 0.5) is 0 Å². The Balaban J connectivity index is 1.82. The van der Waals surface area contributed by atoms with E-state index in [1.807, 2.05) is 0 Å². The first kappa shape index (κ1) is 16.3. The van der Waals surface area contributed by atoms with Crippen molar-refractivity contribution in [3.05, 3.63) is 0 Å². The van der Waals surface area contributed by atoms with Gasteiger partial charge < -0.3 is 15.0 Å². The number of nitrogens with zero attached hydrogens (tertiary/aromatic N) is 1. The van der Waals surface area contributed by atoms with Crippen LogP contribution >= 0.6 is 0 Å². The van der Waals surface area contributed by atoms with Crippen LogP contribution in [0, 0.1) is 5.41 Å². The molecule has 3 nitrogen and oxygen atoms in total. The van der Waals surface area contributed by atoms with Gasteiger partial charge in [-0.2, -0.15) is 0 Å². The van der Waals surface area contributed by atoms with Crippen LogP contribution in [-0.2, 0) is 4.74 Å². The molecule has 0 heterocycles. The van der Waals surface area contributed by atoms with Crippen molar-refractivity contribution >= 4 is 0 Å². The fourth-order valence-corrected chi connectivity index (χ4v) is 3.53. The van der Waals surface area contributed by atoms with Crippen molar-refractivity contribution in [1.82, 2.24) is 10.2 Å². The van der Waals surface area contributed by atoms with Gasteiger partial charge in [-0.05, 0) is 45.1 Å². The molecule has 118 valence electrons. The number of likely N-dealkylation sites (N-methyl/N-ethyl adjacent to an activating group) is 1. The second kappa shape index (κ2) is 8.35. The highest BCUT2D eigenvalue weighted by molar-refractivity contribution is 4.90. The van der Waals surface area contributed by atoms with Crippen LogP contribution in [0.25, 0.3) is 0 Å². The average molecular weight is 282 g/mol. The lowest BCUT2D eigenvalue weighted by molar-refractivity contribution is 0.0920. The van der Waals surface area contributed by atoms with Crippen LogP contribution in [0.5, 0.6) is 0 Å². The smallest absolute Gasteiger partial charge is 0.0593 e. The lowest BCUT2D eigenvalue weighted by Crippen LogP contribution is -2.44. The largest absolute Gasteiger partial charge is 0.380 e. The maximum absolute atomic E-state index is 5.50. The highest BCUT2D eigenvalue weighted by Crippen LogP contribution is 2.36. The van der Waals surface area contributed by atoms with E-state index in [9.17, 15) is 0 Å². The molecule has 0 bridgehead atoms. The van der Waals surface area contributed by atoms with Crippen molar-refractivity contribution in [3.63, 3.8) is 0 Å². The van der Waals surface area contributed by atoms with Gasteiger partial charge in [-0.3, -0.25) is 0 Å². The molecule has 0 amide bonds. The monoisotopic (exact) mass is 282 g/mol. The minimum Gasteiger partial charge on any atom is -0.380 e. The van der Waals surface area contributed by atoms with Gasteiger partial charge in [-0.15, -0.1) is 0 Å². The van der Waals surface area contributed by atoms with Crippen LogP contribution < -0.4 is 5.32 Å². The van der Waals surface area contributed by atoms with Crippen molar-refractivity contribution in [2.75, 3.05) is 39.9 Å². The van der Waals surface area contributed by atoms with E-state index in [4.69, 9.17) is 4.74 Å². The molecule has 0 aromatic rings. The van der Waals surface area contributed by atoms with Gasteiger partial charge in [0.25, 0.3) is 0 Å². The van der Waals surface area contributed by atoms with Gasteiger partial charge in [0.05, 0.1) is 6.61 Å². The van der Waals surface area contributed by atoms with E-state index in [0.29, 0.717) is 5.41 Å². The molecular formula is C17H34N2O. The van der Waals surface area contributed by atoms with E-state index in [1.165, 1.54) is 64.5 Å². The second-order valence-corrected chi connectivity index (χ2v) is 7.00. The number of nitrogens with one attached hydrogen (secondary N) is 1. The third-order valence-electron chi connectivity index (χ3n) is 4.93. The third kappa shape index (κ3) is 5.71. The standard InChI is InChI=1S/C17H34N2O/c1-3-20-13-12-19(2)15-17(14-18-16-8-9-16)10-6-4-5-7-11-17/h16,18H,3-15H2,1-2H3. The molecule has 2 aliphatic rings. The lowest BCUT2D eigenvalue weighted by Gasteiger charge is -2.37. The normalized spacial score (nSPS) is 22.9. The van der Waals surface area contributed by atoms with Gasteiger partial charge in [0, 0.05) is 32.3 Å². The van der Waals surface area contributed by atoms with E-state index in [0.717, 1.165) is 25.8 Å². The maximum atomic E-state index is 5.50. The fraction of sp³-hybridized carbons (Fsp3) is 1.00. The number of hydrogen-bond donors (Lipinski definition) is 1. The van der Waals surface area contributed by atoms with E-state index < -0.39 is 0 Å². The van der Waals surface area contributed by atoms with Gasteiger partial charge >= 0.3 is 0 Å². The quantitative estimate of drug-likeness (QED) is 0.519. The summed E-state index contributed by atoms with van der Waals surface area (Å²) in [5, 5.41) is 3.81. The van der Waals surface area contributed by atoms with Crippen molar-refractivity contribution in [2.45, 2.75) is 64.3 Å². The molecule has 2 fully saturated rings. The van der Waals surface area contributed by atoms with Crippen molar-refractivity contribution in [2.24, 2.45) is 5.41 Å². The molecule has 20 heavy (non-hydrogen) atoms. The molecular weight excluding hydrogens is 248 g/mol. The molecule has 2 saturated carbocycles. The Morgan fingerprint density at radius 2 is 1.85 bits per heavy atom. The Morgan fingerprint density at radius 1 is 1.15 bits per heavy atom. The first-order valence-electron chi connectivity index (χ1n) is 8.74. The third-order valence-corrected chi connectivity index (χ3v) is 4.93. The topological polar surface area (TPSA) is 24.5 Å². The van der Waals surface area contributed by atoms with Crippen LogP contribution in [0.2, 0.25) is 0 Å². The van der Waals surface area contributed by atoms with Crippen molar-refractivity contribution in [1.29, 1.82) is 0 Å².